The number of H-pyrrole nitrogens is 1. The Balaban J connectivity index is 1.55. The van der Waals surface area contributed by atoms with E-state index in [1.807, 2.05) is 18.2 Å². The molecule has 5 aromatic rings. The van der Waals surface area contributed by atoms with Crippen molar-refractivity contribution in [2.24, 2.45) is 0 Å². The van der Waals surface area contributed by atoms with Crippen molar-refractivity contribution in [3.8, 4) is 23.0 Å². The molecule has 4 aromatic heterocycles. The summed E-state index contributed by atoms with van der Waals surface area (Å²) in [6, 6.07) is 15.4. The van der Waals surface area contributed by atoms with Crippen molar-refractivity contribution >= 4 is 20.9 Å². The fourth-order valence-electron chi connectivity index (χ4n) is 3.63. The Bertz CT molecular complexity index is 1600. The molecule has 0 aliphatic carbocycles. The molecule has 0 radical (unpaired) electrons. The Labute approximate surface area is 200 Å². The smallest absolute Gasteiger partial charge is 0.216 e. The van der Waals surface area contributed by atoms with Crippen LogP contribution in [0.3, 0.4) is 0 Å². The van der Waals surface area contributed by atoms with Gasteiger partial charge in [0, 0.05) is 30.4 Å². The van der Waals surface area contributed by atoms with Gasteiger partial charge in [-0.25, -0.2) is 23.4 Å². The van der Waals surface area contributed by atoms with Gasteiger partial charge in [0.2, 0.25) is 5.95 Å². The number of rotatable bonds is 7. The minimum Gasteiger partial charge on any atom is -0.456 e. The molecular weight excluding hydrogens is 469 g/mol. The lowest BCUT2D eigenvalue weighted by molar-refractivity contribution is 0.479. The van der Waals surface area contributed by atoms with Gasteiger partial charge in [-0.2, -0.15) is 4.39 Å². The summed E-state index contributed by atoms with van der Waals surface area (Å²) >= 11 is 0. The summed E-state index contributed by atoms with van der Waals surface area (Å²) in [5.74, 6) is 0.804. The summed E-state index contributed by atoms with van der Waals surface area (Å²) in [6.45, 7) is 1.56. The van der Waals surface area contributed by atoms with Gasteiger partial charge in [-0.15, -0.1) is 0 Å². The number of aromatic amines is 1. The molecule has 0 fully saturated rings. The van der Waals surface area contributed by atoms with Crippen molar-refractivity contribution in [1.82, 2.24) is 24.9 Å². The van der Waals surface area contributed by atoms with Gasteiger partial charge in [0.1, 0.15) is 17.2 Å². The van der Waals surface area contributed by atoms with E-state index >= 15 is 0 Å². The minimum absolute atomic E-state index is 0.0101. The first-order valence-electron chi connectivity index (χ1n) is 10.8. The van der Waals surface area contributed by atoms with Crippen LogP contribution in [-0.2, 0) is 16.3 Å². The number of nitrogens with zero attached hydrogens (tertiary/aromatic N) is 4. The fraction of sp³-hybridized carbons (Fsp3) is 0.120. The van der Waals surface area contributed by atoms with E-state index in [1.165, 1.54) is 18.5 Å². The molecule has 0 aliphatic heterocycles. The topological polar surface area (TPSA) is 111 Å². The van der Waals surface area contributed by atoms with Crippen molar-refractivity contribution in [2.45, 2.75) is 18.4 Å². The Kier molecular flexibility index (Phi) is 5.96. The maximum Gasteiger partial charge on any atom is 0.216 e. The van der Waals surface area contributed by atoms with Crippen LogP contribution in [-0.4, -0.2) is 39.1 Å². The number of ether oxygens (including phenoxy) is 1. The molecule has 5 rings (SSSR count). The highest BCUT2D eigenvalue weighted by Gasteiger charge is 2.16. The van der Waals surface area contributed by atoms with Gasteiger partial charge < -0.3 is 9.72 Å². The quantitative estimate of drug-likeness (QED) is 0.329. The number of nitrogens with one attached hydrogen (secondary N) is 1. The Morgan fingerprint density at radius 2 is 1.80 bits per heavy atom. The zero-order chi connectivity index (χ0) is 24.4. The third kappa shape index (κ3) is 4.73. The van der Waals surface area contributed by atoms with Crippen LogP contribution in [0.2, 0.25) is 0 Å². The summed E-state index contributed by atoms with van der Waals surface area (Å²) in [6.07, 6.45) is 4.68. The van der Waals surface area contributed by atoms with E-state index in [4.69, 9.17) is 9.72 Å². The van der Waals surface area contributed by atoms with E-state index in [-0.39, 0.29) is 17.2 Å². The van der Waals surface area contributed by atoms with Crippen molar-refractivity contribution < 1.29 is 17.5 Å². The van der Waals surface area contributed by atoms with Gasteiger partial charge in [0.15, 0.2) is 20.7 Å². The molecule has 0 atom stereocenters. The van der Waals surface area contributed by atoms with Gasteiger partial charge >= 0.3 is 0 Å². The predicted octanol–water partition coefficient (Wildman–Crippen LogP) is 4.73. The maximum absolute atomic E-state index is 14.3. The number of aromatic nitrogens is 5. The van der Waals surface area contributed by atoms with Crippen LogP contribution in [0.1, 0.15) is 18.1 Å². The van der Waals surface area contributed by atoms with Crippen LogP contribution in [0.5, 0.6) is 11.5 Å². The fourth-order valence-corrected chi connectivity index (χ4v) is 4.41. The van der Waals surface area contributed by atoms with Crippen LogP contribution >= 0.6 is 0 Å². The van der Waals surface area contributed by atoms with E-state index in [9.17, 15) is 12.8 Å². The SMILES string of the molecule is CCS(=O)(=O)c1ccc(Oc2cc(Cc3cccnc3F)c3nc(-c4ccccn4)[nH]c3c2)cn1. The first-order valence-corrected chi connectivity index (χ1v) is 12.5. The minimum atomic E-state index is -3.41. The van der Waals surface area contributed by atoms with E-state index in [0.29, 0.717) is 39.6 Å². The Morgan fingerprint density at radius 1 is 0.943 bits per heavy atom. The highest BCUT2D eigenvalue weighted by atomic mass is 32.2. The molecule has 0 bridgehead atoms. The van der Waals surface area contributed by atoms with E-state index in [0.717, 1.165) is 5.56 Å². The van der Waals surface area contributed by atoms with Crippen LogP contribution in [0.4, 0.5) is 4.39 Å². The molecule has 0 unspecified atom stereocenters. The molecule has 176 valence electrons. The summed E-state index contributed by atoms with van der Waals surface area (Å²) in [4.78, 5) is 20.1. The number of benzene rings is 1. The Morgan fingerprint density at radius 3 is 2.51 bits per heavy atom. The average Bonchev–Trinajstić information content (AvgIpc) is 3.31. The van der Waals surface area contributed by atoms with Crippen molar-refractivity contribution in [3.05, 3.63) is 90.3 Å². The van der Waals surface area contributed by atoms with Gasteiger partial charge in [0.25, 0.3) is 0 Å². The molecule has 0 saturated carbocycles. The zero-order valence-corrected chi connectivity index (χ0v) is 19.5. The number of pyridine rings is 3. The molecule has 1 N–H and O–H groups in total. The van der Waals surface area contributed by atoms with E-state index < -0.39 is 15.8 Å². The van der Waals surface area contributed by atoms with Gasteiger partial charge in [-0.1, -0.05) is 19.1 Å². The highest BCUT2D eigenvalue weighted by molar-refractivity contribution is 7.91. The first-order chi connectivity index (χ1) is 16.9. The third-order valence-corrected chi connectivity index (χ3v) is 7.05. The predicted molar refractivity (Wildman–Crippen MR) is 128 cm³/mol. The van der Waals surface area contributed by atoms with Crippen molar-refractivity contribution in [1.29, 1.82) is 0 Å². The van der Waals surface area contributed by atoms with Crippen LogP contribution in [0, 0.1) is 5.95 Å². The molecular formula is C25H20FN5O3S. The van der Waals surface area contributed by atoms with E-state index in [1.54, 1.807) is 43.5 Å². The number of hydrogen-bond donors (Lipinski definition) is 1. The standard InChI is InChI=1S/C25H20FN5O3S/c1-2-35(32,33)22-9-8-18(15-29-22)34-19-13-17(12-16-6-5-11-28-24(16)26)23-21(14-19)30-25(31-23)20-7-3-4-10-27-20/h3-11,13-15H,2,12H2,1H3,(H,30,31). The Hall–Kier alpha value is -4.18. The van der Waals surface area contributed by atoms with Gasteiger partial charge in [-0.3, -0.25) is 4.98 Å². The second-order valence-electron chi connectivity index (χ2n) is 7.75. The van der Waals surface area contributed by atoms with Gasteiger partial charge in [-0.05, 0) is 42.0 Å². The van der Waals surface area contributed by atoms with Crippen LogP contribution < -0.4 is 4.74 Å². The molecule has 4 heterocycles. The number of hydrogen-bond acceptors (Lipinski definition) is 7. The number of fused-ring (bicyclic) bond motifs is 1. The summed E-state index contributed by atoms with van der Waals surface area (Å²) < 4.78 is 44.4. The number of sulfone groups is 1. The zero-order valence-electron chi connectivity index (χ0n) is 18.6. The van der Waals surface area contributed by atoms with Gasteiger partial charge in [0.05, 0.1) is 23.0 Å². The largest absolute Gasteiger partial charge is 0.456 e. The summed E-state index contributed by atoms with van der Waals surface area (Å²) in [5, 5.41) is -0.0101. The lowest BCUT2D eigenvalue weighted by atomic mass is 10.0. The molecule has 10 heteroatoms. The second kappa shape index (κ2) is 9.22. The molecule has 0 amide bonds. The number of imidazole rings is 1. The highest BCUT2D eigenvalue weighted by Crippen LogP contribution is 2.31. The molecule has 0 aliphatic rings. The molecule has 0 saturated heterocycles. The first kappa shape index (κ1) is 22.6. The molecule has 8 nitrogen and oxygen atoms in total. The van der Waals surface area contributed by atoms with Crippen molar-refractivity contribution in [3.63, 3.8) is 0 Å². The third-order valence-electron chi connectivity index (χ3n) is 5.41. The summed E-state index contributed by atoms with van der Waals surface area (Å²) in [5.41, 5.74) is 3.15. The molecule has 0 spiro atoms. The normalized spacial score (nSPS) is 11.6. The number of halogens is 1. The lowest BCUT2D eigenvalue weighted by Crippen LogP contribution is -2.05. The average molecular weight is 490 g/mol. The summed E-state index contributed by atoms with van der Waals surface area (Å²) in [7, 11) is -3.41. The van der Waals surface area contributed by atoms with Crippen molar-refractivity contribution in [2.75, 3.05) is 5.75 Å². The van der Waals surface area contributed by atoms with E-state index in [2.05, 4.69) is 19.9 Å². The van der Waals surface area contributed by atoms with Crippen LogP contribution in [0.25, 0.3) is 22.6 Å². The molecule has 1 aromatic carbocycles. The maximum atomic E-state index is 14.3. The lowest BCUT2D eigenvalue weighted by Gasteiger charge is -2.10. The monoisotopic (exact) mass is 489 g/mol. The molecule has 35 heavy (non-hydrogen) atoms. The second-order valence-corrected chi connectivity index (χ2v) is 9.97. The van der Waals surface area contributed by atoms with Crippen LogP contribution in [0.15, 0.2) is 78.2 Å².